The fourth-order valence-corrected chi connectivity index (χ4v) is 2.23. The minimum Gasteiger partial charge on any atom is -0.294 e. The van der Waals surface area contributed by atoms with Crippen LogP contribution in [-0.4, -0.2) is 5.78 Å². The average molecular weight is 306 g/mol. The van der Waals surface area contributed by atoms with Gasteiger partial charge in [-0.25, -0.2) is 0 Å². The predicted octanol–water partition coefficient (Wildman–Crippen LogP) is 4.11. The maximum atomic E-state index is 11.5. The van der Waals surface area contributed by atoms with Crippen molar-refractivity contribution in [2.24, 2.45) is 0 Å². The summed E-state index contributed by atoms with van der Waals surface area (Å²) >= 11 is 6.83. The lowest BCUT2D eigenvalue weighted by molar-refractivity contribution is 0.0987. The van der Waals surface area contributed by atoms with E-state index in [1.807, 2.05) is 26.0 Å². The first-order valence-corrected chi connectivity index (χ1v) is 5.64. The van der Waals surface area contributed by atoms with Gasteiger partial charge in [0.05, 0.1) is 0 Å². The summed E-state index contributed by atoms with van der Waals surface area (Å²) in [4.78, 5) is 11.5. The van der Waals surface area contributed by atoms with Crippen molar-refractivity contribution < 1.29 is 4.79 Å². The van der Waals surface area contributed by atoms with Crippen molar-refractivity contribution in [3.05, 3.63) is 32.2 Å². The van der Waals surface area contributed by atoms with Crippen molar-refractivity contribution in [1.29, 1.82) is 0 Å². The molecule has 0 aliphatic rings. The highest BCUT2D eigenvalue weighted by Crippen LogP contribution is 2.28. The molecule has 0 radical (unpaired) electrons. The van der Waals surface area contributed by atoms with E-state index in [1.165, 1.54) is 0 Å². The number of hydrogen-bond acceptors (Lipinski definition) is 1. The zero-order valence-corrected chi connectivity index (χ0v) is 10.7. The summed E-state index contributed by atoms with van der Waals surface area (Å²) < 4.78 is 1.92. The quantitative estimate of drug-likeness (QED) is 0.751. The predicted molar refractivity (Wildman–Crippen MR) is 61.2 cm³/mol. The molecule has 70 valence electrons. The Morgan fingerprint density at radius 3 is 2.54 bits per heavy atom. The molecule has 13 heavy (non-hydrogen) atoms. The number of ketones is 1. The van der Waals surface area contributed by atoms with Crippen LogP contribution < -0.4 is 0 Å². The molecule has 0 saturated carbocycles. The van der Waals surface area contributed by atoms with E-state index < -0.39 is 0 Å². The smallest absolute Gasteiger partial charge is 0.163 e. The summed E-state index contributed by atoms with van der Waals surface area (Å²) in [5, 5.41) is 0. The Morgan fingerprint density at radius 2 is 2.00 bits per heavy atom. The van der Waals surface area contributed by atoms with Crippen molar-refractivity contribution in [3.8, 4) is 0 Å². The standard InChI is InChI=1S/C10H10Br2O/c1-3-9(13)7-4-5-8(11)6(2)10(7)12/h4-5H,3H2,1-2H3. The lowest BCUT2D eigenvalue weighted by Crippen LogP contribution is -1.99. The highest BCUT2D eigenvalue weighted by Gasteiger charge is 2.10. The number of benzene rings is 1. The summed E-state index contributed by atoms with van der Waals surface area (Å²) in [6.07, 6.45) is 0.541. The van der Waals surface area contributed by atoms with E-state index in [2.05, 4.69) is 31.9 Å². The first-order valence-electron chi connectivity index (χ1n) is 4.05. The first kappa shape index (κ1) is 10.9. The Morgan fingerprint density at radius 1 is 1.38 bits per heavy atom. The Hall–Kier alpha value is -0.150. The number of halogens is 2. The monoisotopic (exact) mass is 304 g/mol. The van der Waals surface area contributed by atoms with Gasteiger partial charge in [-0.2, -0.15) is 0 Å². The van der Waals surface area contributed by atoms with Crippen LogP contribution in [0.2, 0.25) is 0 Å². The summed E-state index contributed by atoms with van der Waals surface area (Å²) in [7, 11) is 0. The highest BCUT2D eigenvalue weighted by atomic mass is 79.9. The van der Waals surface area contributed by atoms with Gasteiger partial charge in [-0.15, -0.1) is 0 Å². The van der Waals surface area contributed by atoms with Crippen LogP contribution in [0, 0.1) is 6.92 Å². The van der Waals surface area contributed by atoms with Crippen LogP contribution >= 0.6 is 31.9 Å². The Balaban J connectivity index is 3.26. The summed E-state index contributed by atoms with van der Waals surface area (Å²) in [6.45, 7) is 3.84. The van der Waals surface area contributed by atoms with Crippen LogP contribution in [0.4, 0.5) is 0 Å². The van der Waals surface area contributed by atoms with Gasteiger partial charge in [0.25, 0.3) is 0 Å². The van der Waals surface area contributed by atoms with Crippen molar-refractivity contribution in [2.45, 2.75) is 20.3 Å². The van der Waals surface area contributed by atoms with Crippen LogP contribution in [0.25, 0.3) is 0 Å². The zero-order valence-electron chi connectivity index (χ0n) is 7.53. The van der Waals surface area contributed by atoms with Gasteiger partial charge in [0.15, 0.2) is 5.78 Å². The second kappa shape index (κ2) is 4.38. The zero-order chi connectivity index (χ0) is 10.0. The van der Waals surface area contributed by atoms with Gasteiger partial charge in [-0.1, -0.05) is 22.9 Å². The van der Waals surface area contributed by atoms with E-state index in [-0.39, 0.29) is 5.78 Å². The topological polar surface area (TPSA) is 17.1 Å². The van der Waals surface area contributed by atoms with Gasteiger partial charge in [-0.3, -0.25) is 4.79 Å². The molecule has 0 heterocycles. The Kier molecular flexibility index (Phi) is 3.68. The second-order valence-corrected chi connectivity index (χ2v) is 4.46. The molecule has 1 aromatic rings. The number of rotatable bonds is 2. The summed E-state index contributed by atoms with van der Waals surface area (Å²) in [5.74, 6) is 0.169. The van der Waals surface area contributed by atoms with Gasteiger partial charge >= 0.3 is 0 Å². The van der Waals surface area contributed by atoms with Crippen molar-refractivity contribution >= 4 is 37.6 Å². The molecule has 1 nitrogen and oxygen atoms in total. The fourth-order valence-electron chi connectivity index (χ4n) is 1.07. The maximum absolute atomic E-state index is 11.5. The number of hydrogen-bond donors (Lipinski definition) is 0. The molecule has 0 aliphatic heterocycles. The Bertz CT molecular complexity index is 345. The molecule has 0 spiro atoms. The SMILES string of the molecule is CCC(=O)c1ccc(Br)c(C)c1Br. The van der Waals surface area contributed by atoms with Crippen molar-refractivity contribution in [2.75, 3.05) is 0 Å². The van der Waals surface area contributed by atoms with Crippen LogP contribution in [0.3, 0.4) is 0 Å². The van der Waals surface area contributed by atoms with E-state index >= 15 is 0 Å². The van der Waals surface area contributed by atoms with E-state index in [0.717, 1.165) is 20.1 Å². The molecule has 0 saturated heterocycles. The Labute approximate surface area is 94.8 Å². The van der Waals surface area contributed by atoms with Crippen molar-refractivity contribution in [3.63, 3.8) is 0 Å². The highest BCUT2D eigenvalue weighted by molar-refractivity contribution is 9.11. The maximum Gasteiger partial charge on any atom is 0.163 e. The van der Waals surface area contributed by atoms with Gasteiger partial charge < -0.3 is 0 Å². The molecule has 0 bridgehead atoms. The minimum atomic E-state index is 0.169. The van der Waals surface area contributed by atoms with Gasteiger partial charge in [-0.05, 0) is 40.5 Å². The van der Waals surface area contributed by atoms with Crippen LogP contribution in [0.5, 0.6) is 0 Å². The molecule has 3 heteroatoms. The van der Waals surface area contributed by atoms with Crippen LogP contribution in [0.1, 0.15) is 29.3 Å². The van der Waals surface area contributed by atoms with E-state index in [4.69, 9.17) is 0 Å². The molecule has 0 amide bonds. The van der Waals surface area contributed by atoms with Gasteiger partial charge in [0.1, 0.15) is 0 Å². The van der Waals surface area contributed by atoms with Gasteiger partial charge in [0, 0.05) is 20.9 Å². The van der Waals surface area contributed by atoms with Crippen LogP contribution in [0.15, 0.2) is 21.1 Å². The normalized spacial score (nSPS) is 10.2. The number of carbonyl (C=O) groups is 1. The molecular weight excluding hydrogens is 296 g/mol. The van der Waals surface area contributed by atoms with E-state index in [0.29, 0.717) is 6.42 Å². The van der Waals surface area contributed by atoms with Gasteiger partial charge in [0.2, 0.25) is 0 Å². The number of carbonyl (C=O) groups excluding carboxylic acids is 1. The first-order chi connectivity index (χ1) is 6.07. The molecule has 0 fully saturated rings. The van der Waals surface area contributed by atoms with Crippen LogP contribution in [-0.2, 0) is 0 Å². The second-order valence-electron chi connectivity index (χ2n) is 2.81. The lowest BCUT2D eigenvalue weighted by Gasteiger charge is -2.06. The third-order valence-electron chi connectivity index (χ3n) is 1.94. The number of Topliss-reactive ketones (excluding diaryl/α,β-unsaturated/α-hetero) is 1. The lowest BCUT2D eigenvalue weighted by atomic mass is 10.1. The summed E-state index contributed by atoms with van der Waals surface area (Å²) in [5.41, 5.74) is 1.84. The fraction of sp³-hybridized carbons (Fsp3) is 0.300. The third kappa shape index (κ3) is 2.20. The van der Waals surface area contributed by atoms with E-state index in [1.54, 1.807) is 0 Å². The molecule has 0 aromatic heterocycles. The third-order valence-corrected chi connectivity index (χ3v) is 3.82. The molecule has 0 unspecified atom stereocenters. The molecule has 0 N–H and O–H groups in total. The minimum absolute atomic E-state index is 0.169. The average Bonchev–Trinajstić information content (AvgIpc) is 2.13. The van der Waals surface area contributed by atoms with E-state index in [9.17, 15) is 4.79 Å². The molecular formula is C10H10Br2O. The molecule has 0 atom stereocenters. The largest absolute Gasteiger partial charge is 0.294 e. The molecule has 1 aromatic carbocycles. The summed E-state index contributed by atoms with van der Waals surface area (Å²) in [6, 6.07) is 3.75. The molecule has 1 rings (SSSR count). The molecule has 0 aliphatic carbocycles. The van der Waals surface area contributed by atoms with Crippen molar-refractivity contribution in [1.82, 2.24) is 0 Å².